The molecule has 0 spiro atoms. The molecule has 2 aromatic rings. The van der Waals surface area contributed by atoms with E-state index in [0.29, 0.717) is 13.2 Å². The van der Waals surface area contributed by atoms with Crippen molar-refractivity contribution in [3.63, 3.8) is 0 Å². The minimum Gasteiger partial charge on any atom is -0.491 e. The van der Waals surface area contributed by atoms with Gasteiger partial charge in [-0.05, 0) is 36.4 Å². The van der Waals surface area contributed by atoms with Gasteiger partial charge < -0.3 is 19.6 Å². The molecule has 0 aliphatic carbocycles. The highest BCUT2D eigenvalue weighted by molar-refractivity contribution is 5.46. The summed E-state index contributed by atoms with van der Waals surface area (Å²) in [4.78, 5) is 0. The first-order valence-electron chi connectivity index (χ1n) is 5.48. The lowest BCUT2D eigenvalue weighted by Gasteiger charge is -2.07. The topological polar surface area (TPSA) is 54.6 Å². The predicted octanol–water partition coefficient (Wildman–Crippen LogP) is 2.26. The summed E-state index contributed by atoms with van der Waals surface area (Å²) < 4.78 is 10.5. The smallest absolute Gasteiger partial charge is 0.122 e. The molecule has 0 atom stereocenters. The third-order valence-corrected chi connectivity index (χ3v) is 2.26. The van der Waals surface area contributed by atoms with Gasteiger partial charge in [0.05, 0.1) is 19.4 Å². The molecule has 0 aliphatic rings. The molecule has 2 N–H and O–H groups in total. The average Bonchev–Trinajstić information content (AvgIpc) is 2.88. The minimum absolute atomic E-state index is 0.0263. The molecule has 90 valence electrons. The van der Waals surface area contributed by atoms with Gasteiger partial charge in [-0.1, -0.05) is 0 Å². The number of furan rings is 1. The maximum Gasteiger partial charge on any atom is 0.122 e. The molecule has 1 heterocycles. The van der Waals surface area contributed by atoms with Gasteiger partial charge in [-0.2, -0.15) is 0 Å². The van der Waals surface area contributed by atoms with Crippen molar-refractivity contribution in [2.45, 2.75) is 6.54 Å². The van der Waals surface area contributed by atoms with Gasteiger partial charge in [0.1, 0.15) is 18.1 Å². The first-order chi connectivity index (χ1) is 8.38. The van der Waals surface area contributed by atoms with Crippen LogP contribution in [0, 0.1) is 0 Å². The van der Waals surface area contributed by atoms with E-state index in [2.05, 4.69) is 5.32 Å². The van der Waals surface area contributed by atoms with E-state index >= 15 is 0 Å². The summed E-state index contributed by atoms with van der Waals surface area (Å²) in [6.07, 6.45) is 1.66. The molecular weight excluding hydrogens is 218 g/mol. The summed E-state index contributed by atoms with van der Waals surface area (Å²) in [6, 6.07) is 11.4. The number of ether oxygens (including phenoxy) is 1. The van der Waals surface area contributed by atoms with Gasteiger partial charge >= 0.3 is 0 Å². The van der Waals surface area contributed by atoms with E-state index in [4.69, 9.17) is 14.3 Å². The van der Waals surface area contributed by atoms with Crippen LogP contribution in [0.2, 0.25) is 0 Å². The third-order valence-electron chi connectivity index (χ3n) is 2.26. The fourth-order valence-corrected chi connectivity index (χ4v) is 1.43. The van der Waals surface area contributed by atoms with Gasteiger partial charge in [-0.25, -0.2) is 0 Å². The molecule has 4 heteroatoms. The fourth-order valence-electron chi connectivity index (χ4n) is 1.43. The number of aliphatic hydroxyl groups is 1. The van der Waals surface area contributed by atoms with E-state index in [1.54, 1.807) is 6.26 Å². The highest BCUT2D eigenvalue weighted by atomic mass is 16.5. The van der Waals surface area contributed by atoms with Crippen LogP contribution in [-0.2, 0) is 6.54 Å². The number of hydrogen-bond donors (Lipinski definition) is 2. The molecule has 0 bridgehead atoms. The van der Waals surface area contributed by atoms with Crippen LogP contribution in [0.5, 0.6) is 5.75 Å². The van der Waals surface area contributed by atoms with Crippen LogP contribution in [0.25, 0.3) is 0 Å². The Hall–Kier alpha value is -1.94. The van der Waals surface area contributed by atoms with Crippen LogP contribution in [0.4, 0.5) is 5.69 Å². The predicted molar refractivity (Wildman–Crippen MR) is 65.1 cm³/mol. The quantitative estimate of drug-likeness (QED) is 0.803. The van der Waals surface area contributed by atoms with Crippen LogP contribution in [0.15, 0.2) is 47.1 Å². The van der Waals surface area contributed by atoms with E-state index in [0.717, 1.165) is 17.2 Å². The molecular formula is C13H15NO3. The monoisotopic (exact) mass is 233 g/mol. The Morgan fingerprint density at radius 2 is 2.00 bits per heavy atom. The zero-order valence-electron chi connectivity index (χ0n) is 9.43. The van der Waals surface area contributed by atoms with Crippen LogP contribution >= 0.6 is 0 Å². The average molecular weight is 233 g/mol. The highest BCUT2D eigenvalue weighted by Gasteiger charge is 1.97. The van der Waals surface area contributed by atoms with Crippen molar-refractivity contribution in [3.8, 4) is 5.75 Å². The van der Waals surface area contributed by atoms with Gasteiger partial charge in [0, 0.05) is 5.69 Å². The van der Waals surface area contributed by atoms with E-state index < -0.39 is 0 Å². The first-order valence-corrected chi connectivity index (χ1v) is 5.48. The van der Waals surface area contributed by atoms with E-state index in [9.17, 15) is 0 Å². The Morgan fingerprint density at radius 1 is 1.18 bits per heavy atom. The van der Waals surface area contributed by atoms with E-state index in [1.807, 2.05) is 36.4 Å². The normalized spacial score (nSPS) is 10.2. The summed E-state index contributed by atoms with van der Waals surface area (Å²) in [6.45, 7) is 1.00. The zero-order valence-corrected chi connectivity index (χ0v) is 9.43. The molecule has 1 aromatic carbocycles. The summed E-state index contributed by atoms with van der Waals surface area (Å²) >= 11 is 0. The lowest BCUT2D eigenvalue weighted by Crippen LogP contribution is -2.02. The molecule has 0 radical (unpaired) electrons. The van der Waals surface area contributed by atoms with E-state index in [1.165, 1.54) is 0 Å². The molecule has 0 saturated carbocycles. The second-order valence-corrected chi connectivity index (χ2v) is 3.53. The Balaban J connectivity index is 1.85. The van der Waals surface area contributed by atoms with Crippen molar-refractivity contribution in [1.82, 2.24) is 0 Å². The van der Waals surface area contributed by atoms with Crippen molar-refractivity contribution in [2.24, 2.45) is 0 Å². The Kier molecular flexibility index (Phi) is 4.05. The molecule has 0 amide bonds. The van der Waals surface area contributed by atoms with Gasteiger partial charge in [0.2, 0.25) is 0 Å². The van der Waals surface area contributed by atoms with Gasteiger partial charge in [0.25, 0.3) is 0 Å². The molecule has 0 aliphatic heterocycles. The maximum absolute atomic E-state index is 8.62. The number of aliphatic hydroxyl groups excluding tert-OH is 1. The zero-order chi connectivity index (χ0) is 11.9. The molecule has 2 rings (SSSR count). The first kappa shape index (κ1) is 11.5. The number of benzene rings is 1. The second kappa shape index (κ2) is 5.96. The van der Waals surface area contributed by atoms with Crippen molar-refractivity contribution in [2.75, 3.05) is 18.5 Å². The van der Waals surface area contributed by atoms with Gasteiger partial charge in [-0.3, -0.25) is 0 Å². The Bertz CT molecular complexity index is 422. The summed E-state index contributed by atoms with van der Waals surface area (Å²) in [5, 5.41) is 11.9. The number of hydrogen-bond acceptors (Lipinski definition) is 4. The van der Waals surface area contributed by atoms with Crippen LogP contribution < -0.4 is 10.1 Å². The van der Waals surface area contributed by atoms with Gasteiger partial charge in [-0.15, -0.1) is 0 Å². The van der Waals surface area contributed by atoms with Crippen LogP contribution in [0.3, 0.4) is 0 Å². The third kappa shape index (κ3) is 3.53. The van der Waals surface area contributed by atoms with Crippen molar-refractivity contribution in [3.05, 3.63) is 48.4 Å². The fraction of sp³-hybridized carbons (Fsp3) is 0.231. The van der Waals surface area contributed by atoms with Crippen LogP contribution in [0.1, 0.15) is 5.76 Å². The molecule has 4 nitrogen and oxygen atoms in total. The molecule has 17 heavy (non-hydrogen) atoms. The van der Waals surface area contributed by atoms with Gasteiger partial charge in [0.15, 0.2) is 0 Å². The van der Waals surface area contributed by atoms with Crippen molar-refractivity contribution >= 4 is 5.69 Å². The SMILES string of the molecule is OCCOc1ccc(NCc2ccco2)cc1. The Morgan fingerprint density at radius 3 is 2.65 bits per heavy atom. The minimum atomic E-state index is 0.0263. The maximum atomic E-state index is 8.62. The van der Waals surface area contributed by atoms with Crippen molar-refractivity contribution in [1.29, 1.82) is 0 Å². The van der Waals surface area contributed by atoms with Crippen LogP contribution in [-0.4, -0.2) is 18.3 Å². The van der Waals surface area contributed by atoms with Crippen molar-refractivity contribution < 1.29 is 14.3 Å². The summed E-state index contributed by atoms with van der Waals surface area (Å²) in [7, 11) is 0. The lowest BCUT2D eigenvalue weighted by molar-refractivity contribution is 0.201. The molecule has 0 saturated heterocycles. The summed E-state index contributed by atoms with van der Waals surface area (Å²) in [5.41, 5.74) is 0.998. The molecule has 0 unspecified atom stereocenters. The number of rotatable bonds is 6. The number of anilines is 1. The summed E-state index contributed by atoms with van der Waals surface area (Å²) in [5.74, 6) is 1.65. The standard InChI is InChI=1S/C13H15NO3/c15-7-9-17-12-5-3-11(4-6-12)14-10-13-2-1-8-16-13/h1-6,8,14-15H,7,9-10H2. The highest BCUT2D eigenvalue weighted by Crippen LogP contribution is 2.16. The molecule has 1 aromatic heterocycles. The van der Waals surface area contributed by atoms with E-state index in [-0.39, 0.29) is 6.61 Å². The Labute approximate surface area is 99.8 Å². The second-order valence-electron chi connectivity index (χ2n) is 3.53. The lowest BCUT2D eigenvalue weighted by atomic mass is 10.3. The largest absolute Gasteiger partial charge is 0.491 e. The number of nitrogens with one attached hydrogen (secondary N) is 1. The molecule has 0 fully saturated rings.